The third-order valence-electron chi connectivity index (χ3n) is 7.80. The Bertz CT molecular complexity index is 1460. The summed E-state index contributed by atoms with van der Waals surface area (Å²) in [5, 5.41) is 26.9. The van der Waals surface area contributed by atoms with E-state index in [1.165, 1.54) is 10.4 Å². The average Bonchev–Trinajstić information content (AvgIpc) is 2.95. The topological polar surface area (TPSA) is 119 Å². The molecular formula is C31H38FN3O5S. The first-order valence-corrected chi connectivity index (χ1v) is 15.3. The van der Waals surface area contributed by atoms with Crippen molar-refractivity contribution in [2.45, 2.75) is 49.6 Å². The fourth-order valence-corrected chi connectivity index (χ4v) is 7.30. The van der Waals surface area contributed by atoms with Crippen LogP contribution in [0.2, 0.25) is 0 Å². The molecule has 0 unspecified atom stereocenters. The van der Waals surface area contributed by atoms with Crippen molar-refractivity contribution in [3.8, 4) is 11.1 Å². The highest BCUT2D eigenvalue weighted by Gasteiger charge is 2.44. The van der Waals surface area contributed by atoms with E-state index in [1.807, 2.05) is 32.2 Å². The number of hydrogen-bond acceptors (Lipinski definition) is 5. The van der Waals surface area contributed by atoms with Gasteiger partial charge >= 0.3 is 6.09 Å². The lowest BCUT2D eigenvalue weighted by Gasteiger charge is -2.43. The van der Waals surface area contributed by atoms with Gasteiger partial charge in [-0.2, -0.15) is 4.31 Å². The fraction of sp³-hybridized carbons (Fsp3) is 0.387. The fourth-order valence-electron chi connectivity index (χ4n) is 5.77. The molecule has 220 valence electrons. The molecule has 0 saturated carbocycles. The number of piperidine rings is 1. The van der Waals surface area contributed by atoms with E-state index in [-0.39, 0.29) is 36.4 Å². The van der Waals surface area contributed by atoms with E-state index in [0.29, 0.717) is 37.1 Å². The minimum Gasteiger partial charge on any atom is -0.465 e. The number of amides is 1. The minimum absolute atomic E-state index is 0.0488. The molecular weight excluding hydrogens is 545 g/mol. The predicted molar refractivity (Wildman–Crippen MR) is 156 cm³/mol. The molecule has 0 radical (unpaired) electrons. The Morgan fingerprint density at radius 3 is 2.54 bits per heavy atom. The van der Waals surface area contributed by atoms with Gasteiger partial charge in [0.05, 0.1) is 10.5 Å². The third kappa shape index (κ3) is 6.95. The Kier molecular flexibility index (Phi) is 9.80. The molecule has 4 rings (SSSR count). The summed E-state index contributed by atoms with van der Waals surface area (Å²) in [7, 11) is -2.02. The molecule has 1 aliphatic rings. The molecule has 1 amide bonds. The zero-order chi connectivity index (χ0) is 29.6. The summed E-state index contributed by atoms with van der Waals surface area (Å²) in [4.78, 5) is 11.2. The van der Waals surface area contributed by atoms with Gasteiger partial charge in [-0.15, -0.1) is 0 Å². The van der Waals surface area contributed by atoms with Crippen LogP contribution in [0.5, 0.6) is 0 Å². The standard InChI is InChI=1S/C31H38FN3O5S/c1-22-7-3-8-24(19-22)29-27(10-4-11-28(29)32)31(38,16-6-17-34-30(36)37)25-9-5-18-35(21-25)41(39,40)26-14-12-23(13-15-26)20-33-2/h3-4,7-8,10-15,19,25,33-34,38H,5-6,9,16-18,20-21H2,1-2H3,(H,36,37)/t25-,31+/m1/s1. The molecule has 1 heterocycles. The number of rotatable bonds is 11. The third-order valence-corrected chi connectivity index (χ3v) is 9.68. The van der Waals surface area contributed by atoms with Crippen LogP contribution in [-0.2, 0) is 22.2 Å². The van der Waals surface area contributed by atoms with Gasteiger partial charge in [0.15, 0.2) is 0 Å². The zero-order valence-corrected chi connectivity index (χ0v) is 24.3. The maximum Gasteiger partial charge on any atom is 0.404 e. The Labute approximate surface area is 241 Å². The van der Waals surface area contributed by atoms with E-state index in [9.17, 15) is 18.3 Å². The van der Waals surface area contributed by atoms with Gasteiger partial charge in [-0.05, 0) is 74.5 Å². The number of carbonyl (C=O) groups is 1. The smallest absolute Gasteiger partial charge is 0.404 e. The van der Waals surface area contributed by atoms with Gasteiger partial charge in [-0.25, -0.2) is 17.6 Å². The number of sulfonamides is 1. The van der Waals surface area contributed by atoms with Crippen molar-refractivity contribution >= 4 is 16.1 Å². The lowest BCUT2D eigenvalue weighted by atomic mass is 9.72. The Morgan fingerprint density at radius 1 is 1.12 bits per heavy atom. The van der Waals surface area contributed by atoms with Gasteiger partial charge in [-0.3, -0.25) is 0 Å². The van der Waals surface area contributed by atoms with E-state index < -0.39 is 33.5 Å². The molecule has 41 heavy (non-hydrogen) atoms. The molecule has 0 aliphatic carbocycles. The van der Waals surface area contributed by atoms with Gasteiger partial charge in [0, 0.05) is 37.7 Å². The van der Waals surface area contributed by atoms with E-state index in [4.69, 9.17) is 5.11 Å². The maximum atomic E-state index is 15.5. The number of halogens is 1. The van der Waals surface area contributed by atoms with E-state index in [0.717, 1.165) is 11.1 Å². The first-order valence-electron chi connectivity index (χ1n) is 13.8. The molecule has 8 nitrogen and oxygen atoms in total. The summed E-state index contributed by atoms with van der Waals surface area (Å²) in [5.41, 5.74) is 1.53. The molecule has 3 aromatic rings. The second kappa shape index (κ2) is 13.1. The second-order valence-corrected chi connectivity index (χ2v) is 12.6. The van der Waals surface area contributed by atoms with Crippen molar-refractivity contribution in [2.75, 3.05) is 26.7 Å². The summed E-state index contributed by atoms with van der Waals surface area (Å²) in [6.07, 6.45) is 0.275. The van der Waals surface area contributed by atoms with E-state index in [1.54, 1.807) is 42.5 Å². The summed E-state index contributed by atoms with van der Waals surface area (Å²) in [6.45, 7) is 2.98. The number of aliphatic hydroxyl groups is 1. The van der Waals surface area contributed by atoms with Crippen LogP contribution in [0.1, 0.15) is 42.4 Å². The van der Waals surface area contributed by atoms with Crippen molar-refractivity contribution in [3.63, 3.8) is 0 Å². The van der Waals surface area contributed by atoms with E-state index >= 15 is 4.39 Å². The molecule has 1 aliphatic heterocycles. The molecule has 0 aromatic heterocycles. The summed E-state index contributed by atoms with van der Waals surface area (Å²) < 4.78 is 44.3. The van der Waals surface area contributed by atoms with Gasteiger partial charge < -0.3 is 20.8 Å². The van der Waals surface area contributed by atoms with Gasteiger partial charge in [0.1, 0.15) is 5.82 Å². The molecule has 3 aromatic carbocycles. The van der Waals surface area contributed by atoms with Crippen LogP contribution in [0.4, 0.5) is 9.18 Å². The Morgan fingerprint density at radius 2 is 1.85 bits per heavy atom. The monoisotopic (exact) mass is 583 g/mol. The van der Waals surface area contributed by atoms with Crippen LogP contribution in [0.3, 0.4) is 0 Å². The molecule has 0 spiro atoms. The summed E-state index contributed by atoms with van der Waals surface area (Å²) in [5.74, 6) is -1.04. The van der Waals surface area contributed by atoms with Crippen molar-refractivity contribution in [1.29, 1.82) is 0 Å². The number of benzene rings is 3. The van der Waals surface area contributed by atoms with Crippen molar-refractivity contribution in [2.24, 2.45) is 5.92 Å². The highest BCUT2D eigenvalue weighted by atomic mass is 32.2. The molecule has 2 atom stereocenters. The van der Waals surface area contributed by atoms with Gasteiger partial charge in [0.2, 0.25) is 10.0 Å². The maximum absolute atomic E-state index is 15.5. The second-order valence-electron chi connectivity index (χ2n) is 10.7. The van der Waals surface area contributed by atoms with Gasteiger partial charge in [-0.1, -0.05) is 54.1 Å². The van der Waals surface area contributed by atoms with Crippen LogP contribution in [0, 0.1) is 18.7 Å². The molecule has 0 bridgehead atoms. The lowest BCUT2D eigenvalue weighted by molar-refractivity contribution is -0.0509. The largest absolute Gasteiger partial charge is 0.465 e. The number of hydrogen-bond donors (Lipinski definition) is 4. The van der Waals surface area contributed by atoms with Crippen molar-refractivity contribution in [3.05, 3.63) is 89.2 Å². The van der Waals surface area contributed by atoms with Crippen LogP contribution in [0.25, 0.3) is 11.1 Å². The average molecular weight is 584 g/mol. The minimum atomic E-state index is -3.84. The van der Waals surface area contributed by atoms with Crippen LogP contribution in [0.15, 0.2) is 71.6 Å². The van der Waals surface area contributed by atoms with Gasteiger partial charge in [0.25, 0.3) is 0 Å². The number of aryl methyl sites for hydroxylation is 1. The summed E-state index contributed by atoms with van der Waals surface area (Å²) >= 11 is 0. The first-order chi connectivity index (χ1) is 19.6. The molecule has 4 N–H and O–H groups in total. The van der Waals surface area contributed by atoms with Crippen LogP contribution in [-0.4, -0.2) is 55.7 Å². The highest BCUT2D eigenvalue weighted by molar-refractivity contribution is 7.89. The molecule has 10 heteroatoms. The number of nitrogens with one attached hydrogen (secondary N) is 2. The molecule has 1 fully saturated rings. The van der Waals surface area contributed by atoms with Crippen LogP contribution < -0.4 is 10.6 Å². The summed E-state index contributed by atoms with van der Waals surface area (Å²) in [6, 6.07) is 18.7. The Hall–Kier alpha value is -3.31. The zero-order valence-electron chi connectivity index (χ0n) is 23.4. The van der Waals surface area contributed by atoms with E-state index in [2.05, 4.69) is 10.6 Å². The van der Waals surface area contributed by atoms with Crippen LogP contribution >= 0.6 is 0 Å². The SMILES string of the molecule is CNCc1ccc(S(=O)(=O)N2CCC[C@@H]([C@@](O)(CCCNC(=O)O)c3cccc(F)c3-c3cccc(C)c3)C2)cc1. The lowest BCUT2D eigenvalue weighted by Crippen LogP contribution is -2.48. The molecule has 1 saturated heterocycles. The highest BCUT2D eigenvalue weighted by Crippen LogP contribution is 2.45. The Balaban J connectivity index is 1.72. The number of nitrogens with zero attached hydrogens (tertiary/aromatic N) is 1. The quantitative estimate of drug-likeness (QED) is 0.240. The van der Waals surface area contributed by atoms with Crippen molar-refractivity contribution < 1.29 is 27.8 Å². The predicted octanol–water partition coefficient (Wildman–Crippen LogP) is 4.86. The normalized spacial score (nSPS) is 17.6. The first kappa shape index (κ1) is 30.6. The van der Waals surface area contributed by atoms with Crippen molar-refractivity contribution in [1.82, 2.24) is 14.9 Å². The number of carboxylic acid groups (broad SMARTS) is 1.